The zero-order chi connectivity index (χ0) is 14.5. The molecular weight excluding hydrogens is 262 g/mol. The van der Waals surface area contributed by atoms with E-state index >= 15 is 0 Å². The lowest BCUT2D eigenvalue weighted by molar-refractivity contribution is -0.384. The van der Waals surface area contributed by atoms with Gasteiger partial charge in [-0.2, -0.15) is 0 Å². The number of hydrogen-bond donors (Lipinski definition) is 0. The van der Waals surface area contributed by atoms with Gasteiger partial charge in [-0.25, -0.2) is 4.79 Å². The molecule has 0 aromatic heterocycles. The molecule has 7 nitrogen and oxygen atoms in total. The van der Waals surface area contributed by atoms with Crippen molar-refractivity contribution in [2.24, 2.45) is 0 Å². The third kappa shape index (κ3) is 3.25. The van der Waals surface area contributed by atoms with Crippen LogP contribution in [0.5, 0.6) is 0 Å². The number of rotatable bonds is 5. The van der Waals surface area contributed by atoms with Gasteiger partial charge < -0.3 is 9.64 Å². The van der Waals surface area contributed by atoms with E-state index in [1.807, 2.05) is 18.0 Å². The second-order valence-corrected chi connectivity index (χ2v) is 4.35. The van der Waals surface area contributed by atoms with Crippen LogP contribution in [0.4, 0.5) is 16.2 Å². The van der Waals surface area contributed by atoms with Gasteiger partial charge in [0.25, 0.3) is 5.69 Å². The van der Waals surface area contributed by atoms with Crippen molar-refractivity contribution < 1.29 is 14.5 Å². The predicted molar refractivity (Wildman–Crippen MR) is 73.6 cm³/mol. The van der Waals surface area contributed by atoms with Crippen molar-refractivity contribution >= 4 is 17.5 Å². The molecule has 0 radical (unpaired) electrons. The van der Waals surface area contributed by atoms with Gasteiger partial charge in [-0.1, -0.05) is 0 Å². The van der Waals surface area contributed by atoms with Crippen molar-refractivity contribution in [3.05, 3.63) is 46.7 Å². The zero-order valence-electron chi connectivity index (χ0n) is 11.1. The van der Waals surface area contributed by atoms with Gasteiger partial charge in [0, 0.05) is 37.6 Å². The van der Waals surface area contributed by atoms with E-state index in [0.717, 1.165) is 5.69 Å². The summed E-state index contributed by atoms with van der Waals surface area (Å²) in [7, 11) is 1.87. The average molecular weight is 277 g/mol. The van der Waals surface area contributed by atoms with Gasteiger partial charge in [0.2, 0.25) is 0 Å². The highest BCUT2D eigenvalue weighted by Gasteiger charge is 2.18. The summed E-state index contributed by atoms with van der Waals surface area (Å²) in [4.78, 5) is 24.8. The fourth-order valence-electron chi connectivity index (χ4n) is 1.81. The highest BCUT2D eigenvalue weighted by atomic mass is 16.6. The third-order valence-electron chi connectivity index (χ3n) is 2.96. The molecular formula is C13H15N3O4. The molecule has 1 fully saturated rings. The van der Waals surface area contributed by atoms with E-state index in [4.69, 9.17) is 4.74 Å². The molecule has 0 unspecified atom stereocenters. The summed E-state index contributed by atoms with van der Waals surface area (Å²) in [5.41, 5.74) is 0.932. The van der Waals surface area contributed by atoms with Crippen LogP contribution in [0.3, 0.4) is 0 Å². The summed E-state index contributed by atoms with van der Waals surface area (Å²) in [6.07, 6.45) is 3.20. The van der Waals surface area contributed by atoms with Crippen LogP contribution in [0.2, 0.25) is 0 Å². The van der Waals surface area contributed by atoms with Crippen LogP contribution in [0.15, 0.2) is 36.5 Å². The molecule has 7 heteroatoms. The van der Waals surface area contributed by atoms with Gasteiger partial charge in [-0.3, -0.25) is 15.0 Å². The van der Waals surface area contributed by atoms with Gasteiger partial charge in [0.05, 0.1) is 11.5 Å². The second-order valence-electron chi connectivity index (χ2n) is 4.35. The van der Waals surface area contributed by atoms with Crippen molar-refractivity contribution in [1.82, 2.24) is 4.90 Å². The molecule has 2 rings (SSSR count). The number of anilines is 1. The first-order valence-corrected chi connectivity index (χ1v) is 6.13. The molecule has 0 aliphatic carbocycles. The van der Waals surface area contributed by atoms with E-state index in [1.165, 1.54) is 17.0 Å². The molecule has 1 aromatic carbocycles. The lowest BCUT2D eigenvalue weighted by atomic mass is 10.2. The minimum atomic E-state index is -0.428. The highest BCUT2D eigenvalue weighted by molar-refractivity contribution is 5.70. The van der Waals surface area contributed by atoms with Gasteiger partial charge in [0.1, 0.15) is 6.61 Å². The number of nitro benzene ring substituents is 1. The molecule has 0 saturated carbocycles. The van der Waals surface area contributed by atoms with Crippen molar-refractivity contribution in [1.29, 1.82) is 0 Å². The molecule has 1 aliphatic heterocycles. The summed E-state index contributed by atoms with van der Waals surface area (Å²) in [6.45, 7) is 1.57. The maximum atomic E-state index is 11.2. The smallest absolute Gasteiger partial charge is 0.413 e. The maximum absolute atomic E-state index is 11.2. The topological polar surface area (TPSA) is 75.9 Å². The molecule has 1 aromatic rings. The van der Waals surface area contributed by atoms with Gasteiger partial charge in [-0.05, 0) is 18.2 Å². The van der Waals surface area contributed by atoms with Crippen LogP contribution >= 0.6 is 0 Å². The molecule has 0 N–H and O–H groups in total. The van der Waals surface area contributed by atoms with E-state index in [2.05, 4.69) is 0 Å². The summed E-state index contributed by atoms with van der Waals surface area (Å²) < 4.78 is 4.80. The van der Waals surface area contributed by atoms with E-state index in [1.54, 1.807) is 18.3 Å². The van der Waals surface area contributed by atoms with Crippen LogP contribution in [0.1, 0.15) is 0 Å². The number of hydrogen-bond acceptors (Lipinski definition) is 5. The first-order valence-electron chi connectivity index (χ1n) is 6.13. The SMILES string of the molecule is CN(C/C=C/N1CCOC1=O)c1ccc([N+](=O)[O-])cc1. The van der Waals surface area contributed by atoms with Crippen LogP contribution in [-0.4, -0.2) is 42.7 Å². The maximum Gasteiger partial charge on any atom is 0.413 e. The zero-order valence-corrected chi connectivity index (χ0v) is 11.1. The molecule has 20 heavy (non-hydrogen) atoms. The van der Waals surface area contributed by atoms with Crippen LogP contribution < -0.4 is 4.90 Å². The Balaban J connectivity index is 1.91. The predicted octanol–water partition coefficient (Wildman–Crippen LogP) is 2.00. The Morgan fingerprint density at radius 3 is 2.70 bits per heavy atom. The van der Waals surface area contributed by atoms with E-state index in [0.29, 0.717) is 19.7 Å². The fourth-order valence-corrected chi connectivity index (χ4v) is 1.81. The van der Waals surface area contributed by atoms with Crippen LogP contribution in [0.25, 0.3) is 0 Å². The number of non-ortho nitro benzene ring substituents is 1. The van der Waals surface area contributed by atoms with Crippen molar-refractivity contribution in [2.45, 2.75) is 0 Å². The standard InChI is InChI=1S/C13H15N3O4/c1-14(7-2-8-15-9-10-20-13(15)17)11-3-5-12(6-4-11)16(18)19/h2-6,8H,7,9-10H2,1H3/b8-2+. The molecule has 1 amide bonds. The van der Waals surface area contributed by atoms with E-state index in [9.17, 15) is 14.9 Å². The molecule has 0 bridgehead atoms. The molecule has 1 heterocycles. The number of likely N-dealkylation sites (N-methyl/N-ethyl adjacent to an activating group) is 1. The van der Waals surface area contributed by atoms with Crippen molar-refractivity contribution in [2.75, 3.05) is 31.6 Å². The monoisotopic (exact) mass is 277 g/mol. The number of amides is 1. The van der Waals surface area contributed by atoms with Gasteiger partial charge >= 0.3 is 6.09 Å². The number of cyclic esters (lactones) is 1. The second kappa shape index (κ2) is 6.05. The first kappa shape index (κ1) is 13.9. The minimum absolute atomic E-state index is 0.0671. The number of nitro groups is 1. The normalized spacial score (nSPS) is 14.7. The number of benzene rings is 1. The summed E-state index contributed by atoms with van der Waals surface area (Å²) >= 11 is 0. The van der Waals surface area contributed by atoms with E-state index in [-0.39, 0.29) is 11.8 Å². The molecule has 0 spiro atoms. The largest absolute Gasteiger partial charge is 0.447 e. The Kier molecular flexibility index (Phi) is 4.19. The lowest BCUT2D eigenvalue weighted by Crippen LogP contribution is -2.20. The summed E-state index contributed by atoms with van der Waals surface area (Å²) in [5.74, 6) is 0. The molecule has 1 saturated heterocycles. The Labute approximate surface area is 116 Å². The average Bonchev–Trinajstić information content (AvgIpc) is 2.84. The van der Waals surface area contributed by atoms with Crippen LogP contribution in [0, 0.1) is 10.1 Å². The number of carbonyl (C=O) groups excluding carboxylic acids is 1. The highest BCUT2D eigenvalue weighted by Crippen LogP contribution is 2.18. The Bertz CT molecular complexity index is 527. The number of nitrogens with zero attached hydrogens (tertiary/aromatic N) is 3. The molecule has 106 valence electrons. The fraction of sp³-hybridized carbons (Fsp3) is 0.308. The minimum Gasteiger partial charge on any atom is -0.447 e. The number of ether oxygens (including phenoxy) is 1. The van der Waals surface area contributed by atoms with Gasteiger partial charge in [0.15, 0.2) is 0 Å². The molecule has 0 atom stereocenters. The van der Waals surface area contributed by atoms with Gasteiger partial charge in [-0.15, -0.1) is 0 Å². The van der Waals surface area contributed by atoms with E-state index < -0.39 is 4.92 Å². The van der Waals surface area contributed by atoms with Crippen molar-refractivity contribution in [3.8, 4) is 0 Å². The third-order valence-corrected chi connectivity index (χ3v) is 2.96. The Morgan fingerprint density at radius 1 is 1.45 bits per heavy atom. The number of carbonyl (C=O) groups is 1. The molecule has 1 aliphatic rings. The Morgan fingerprint density at radius 2 is 2.15 bits per heavy atom. The quantitative estimate of drug-likeness (QED) is 0.607. The van der Waals surface area contributed by atoms with Crippen molar-refractivity contribution in [3.63, 3.8) is 0 Å². The Hall–Kier alpha value is -2.57. The van der Waals surface area contributed by atoms with Crippen LogP contribution in [-0.2, 0) is 4.74 Å². The summed E-state index contributed by atoms with van der Waals surface area (Å²) in [6, 6.07) is 6.31. The summed E-state index contributed by atoms with van der Waals surface area (Å²) in [5, 5.41) is 10.6. The lowest BCUT2D eigenvalue weighted by Gasteiger charge is -2.17. The first-order chi connectivity index (χ1) is 9.58.